The lowest BCUT2D eigenvalue weighted by atomic mass is 10.2. The van der Waals surface area contributed by atoms with E-state index in [9.17, 15) is 19.5 Å². The lowest BCUT2D eigenvalue weighted by Gasteiger charge is -2.24. The molecule has 8 heteroatoms. The van der Waals surface area contributed by atoms with Crippen LogP contribution in [0.2, 0.25) is 0 Å². The summed E-state index contributed by atoms with van der Waals surface area (Å²) in [5.41, 5.74) is 0. The van der Waals surface area contributed by atoms with Crippen LogP contribution in [0.3, 0.4) is 0 Å². The van der Waals surface area contributed by atoms with Gasteiger partial charge in [-0.25, -0.2) is 9.59 Å². The van der Waals surface area contributed by atoms with E-state index >= 15 is 0 Å². The number of carbonyl (C=O) groups excluding carboxylic acids is 2. The SMILES string of the molecule is CCN(CC)C(=O)C(C)NC(=O)NC(C(=O)O)C(C)O. The van der Waals surface area contributed by atoms with Gasteiger partial charge in [-0.15, -0.1) is 0 Å². The number of aliphatic hydroxyl groups is 1. The van der Waals surface area contributed by atoms with Gasteiger partial charge in [-0.1, -0.05) is 0 Å². The largest absolute Gasteiger partial charge is 0.480 e. The fraction of sp³-hybridized carbons (Fsp3) is 0.750. The second kappa shape index (κ2) is 8.36. The number of hydrogen-bond acceptors (Lipinski definition) is 4. The topological polar surface area (TPSA) is 119 Å². The zero-order valence-electron chi connectivity index (χ0n) is 12.2. The van der Waals surface area contributed by atoms with Crippen molar-refractivity contribution in [3.63, 3.8) is 0 Å². The summed E-state index contributed by atoms with van der Waals surface area (Å²) in [6.45, 7) is 7.45. The highest BCUT2D eigenvalue weighted by Crippen LogP contribution is 1.96. The van der Waals surface area contributed by atoms with E-state index in [0.29, 0.717) is 13.1 Å². The molecule has 0 aliphatic heterocycles. The Labute approximate surface area is 118 Å². The number of carboxylic acids is 1. The third kappa shape index (κ3) is 5.43. The Hall–Kier alpha value is -1.83. The highest BCUT2D eigenvalue weighted by atomic mass is 16.4. The summed E-state index contributed by atoms with van der Waals surface area (Å²) < 4.78 is 0. The van der Waals surface area contributed by atoms with E-state index in [0.717, 1.165) is 0 Å². The maximum atomic E-state index is 11.9. The Bertz CT molecular complexity index is 355. The van der Waals surface area contributed by atoms with Crippen LogP contribution in [0, 0.1) is 0 Å². The first-order valence-electron chi connectivity index (χ1n) is 6.51. The van der Waals surface area contributed by atoms with E-state index in [1.165, 1.54) is 13.8 Å². The van der Waals surface area contributed by atoms with E-state index in [1.54, 1.807) is 4.90 Å². The molecule has 4 N–H and O–H groups in total. The molecule has 3 unspecified atom stereocenters. The predicted molar refractivity (Wildman–Crippen MR) is 72.2 cm³/mol. The minimum atomic E-state index is -1.43. The van der Waals surface area contributed by atoms with Gasteiger partial charge in [-0.2, -0.15) is 0 Å². The van der Waals surface area contributed by atoms with Crippen LogP contribution in [0.15, 0.2) is 0 Å². The summed E-state index contributed by atoms with van der Waals surface area (Å²) in [4.78, 5) is 35.9. The van der Waals surface area contributed by atoms with Crippen molar-refractivity contribution >= 4 is 17.9 Å². The van der Waals surface area contributed by atoms with Crippen LogP contribution in [0.25, 0.3) is 0 Å². The van der Waals surface area contributed by atoms with Crippen LogP contribution in [-0.2, 0) is 9.59 Å². The number of urea groups is 1. The van der Waals surface area contributed by atoms with Crippen LogP contribution >= 0.6 is 0 Å². The van der Waals surface area contributed by atoms with E-state index < -0.39 is 30.2 Å². The molecule has 0 aliphatic rings. The maximum Gasteiger partial charge on any atom is 0.328 e. The zero-order chi connectivity index (χ0) is 15.9. The van der Waals surface area contributed by atoms with Crippen molar-refractivity contribution in [1.29, 1.82) is 0 Å². The number of rotatable bonds is 7. The minimum Gasteiger partial charge on any atom is -0.480 e. The van der Waals surface area contributed by atoms with E-state index in [4.69, 9.17) is 5.11 Å². The minimum absolute atomic E-state index is 0.255. The van der Waals surface area contributed by atoms with E-state index in [1.807, 2.05) is 13.8 Å². The quantitative estimate of drug-likeness (QED) is 0.498. The van der Waals surface area contributed by atoms with Gasteiger partial charge in [0.25, 0.3) is 0 Å². The van der Waals surface area contributed by atoms with E-state index in [2.05, 4.69) is 10.6 Å². The Morgan fingerprint density at radius 3 is 1.95 bits per heavy atom. The number of aliphatic carboxylic acids is 1. The van der Waals surface area contributed by atoms with Gasteiger partial charge in [-0.05, 0) is 27.7 Å². The van der Waals surface area contributed by atoms with Crippen molar-refractivity contribution in [3.05, 3.63) is 0 Å². The van der Waals surface area contributed by atoms with Crippen LogP contribution < -0.4 is 10.6 Å². The van der Waals surface area contributed by atoms with Crippen molar-refractivity contribution in [1.82, 2.24) is 15.5 Å². The molecule has 0 aliphatic carbocycles. The molecule has 0 saturated carbocycles. The Morgan fingerprint density at radius 2 is 1.60 bits per heavy atom. The van der Waals surface area contributed by atoms with E-state index in [-0.39, 0.29) is 5.91 Å². The highest BCUT2D eigenvalue weighted by molar-refractivity contribution is 5.88. The fourth-order valence-corrected chi connectivity index (χ4v) is 1.64. The molecule has 0 fully saturated rings. The molecule has 3 atom stereocenters. The molecule has 8 nitrogen and oxygen atoms in total. The molecule has 0 radical (unpaired) electrons. The highest BCUT2D eigenvalue weighted by Gasteiger charge is 2.27. The monoisotopic (exact) mass is 289 g/mol. The van der Waals surface area contributed by atoms with Gasteiger partial charge >= 0.3 is 12.0 Å². The molecule has 116 valence electrons. The van der Waals surface area contributed by atoms with Crippen molar-refractivity contribution in [2.24, 2.45) is 0 Å². The van der Waals surface area contributed by atoms with Crippen LogP contribution in [0.5, 0.6) is 0 Å². The normalized spacial score (nSPS) is 14.8. The summed E-state index contributed by atoms with van der Waals surface area (Å²) in [6.07, 6.45) is -1.24. The first kappa shape index (κ1) is 18.2. The molecule has 0 rings (SSSR count). The van der Waals surface area contributed by atoms with Gasteiger partial charge in [0.15, 0.2) is 6.04 Å². The van der Waals surface area contributed by atoms with Crippen LogP contribution in [0.1, 0.15) is 27.7 Å². The predicted octanol–water partition coefficient (Wildman–Crippen LogP) is -0.623. The molecule has 0 aromatic heterocycles. The molecular formula is C12H23N3O5. The fourth-order valence-electron chi connectivity index (χ4n) is 1.64. The van der Waals surface area contributed by atoms with Gasteiger partial charge in [-0.3, -0.25) is 4.79 Å². The first-order chi connectivity index (χ1) is 9.24. The van der Waals surface area contributed by atoms with Gasteiger partial charge < -0.3 is 25.7 Å². The summed E-state index contributed by atoms with van der Waals surface area (Å²) in [6, 6.07) is -3.02. The Morgan fingerprint density at radius 1 is 1.10 bits per heavy atom. The average molecular weight is 289 g/mol. The third-order valence-electron chi connectivity index (χ3n) is 2.83. The number of nitrogens with one attached hydrogen (secondary N) is 2. The number of carbonyl (C=O) groups is 3. The average Bonchev–Trinajstić information content (AvgIpc) is 2.36. The van der Waals surface area contributed by atoms with Crippen molar-refractivity contribution < 1.29 is 24.6 Å². The Balaban J connectivity index is 4.53. The van der Waals surface area contributed by atoms with Crippen LogP contribution in [0.4, 0.5) is 4.79 Å². The van der Waals surface area contributed by atoms with Crippen molar-refractivity contribution in [2.45, 2.75) is 45.9 Å². The number of carboxylic acid groups (broad SMARTS) is 1. The second-order valence-corrected chi connectivity index (χ2v) is 4.41. The van der Waals surface area contributed by atoms with Crippen molar-refractivity contribution in [2.75, 3.05) is 13.1 Å². The number of hydrogen-bond donors (Lipinski definition) is 4. The second-order valence-electron chi connectivity index (χ2n) is 4.41. The van der Waals surface area contributed by atoms with Gasteiger partial charge in [0.1, 0.15) is 6.04 Å². The number of likely N-dealkylation sites (N-methyl/N-ethyl adjacent to an activating group) is 1. The molecule has 0 spiro atoms. The Kier molecular flexibility index (Phi) is 7.60. The molecule has 0 saturated heterocycles. The lowest BCUT2D eigenvalue weighted by molar-refractivity contribution is -0.141. The van der Waals surface area contributed by atoms with Gasteiger partial charge in [0, 0.05) is 13.1 Å². The van der Waals surface area contributed by atoms with Gasteiger partial charge in [0.2, 0.25) is 5.91 Å². The number of amides is 3. The smallest absolute Gasteiger partial charge is 0.328 e. The molecule has 0 aromatic rings. The first-order valence-corrected chi connectivity index (χ1v) is 6.51. The molecule has 0 bridgehead atoms. The lowest BCUT2D eigenvalue weighted by Crippen LogP contribution is -2.55. The zero-order valence-corrected chi connectivity index (χ0v) is 12.2. The summed E-state index contributed by atoms with van der Waals surface area (Å²) >= 11 is 0. The van der Waals surface area contributed by atoms with Crippen LogP contribution in [-0.4, -0.2) is 64.3 Å². The molecule has 20 heavy (non-hydrogen) atoms. The molecule has 0 heterocycles. The third-order valence-corrected chi connectivity index (χ3v) is 2.83. The molecular weight excluding hydrogens is 266 g/mol. The summed E-state index contributed by atoms with van der Waals surface area (Å²) in [7, 11) is 0. The number of aliphatic hydroxyl groups excluding tert-OH is 1. The summed E-state index contributed by atoms with van der Waals surface area (Å²) in [5, 5.41) is 22.5. The molecule has 3 amide bonds. The number of nitrogens with zero attached hydrogens (tertiary/aromatic N) is 1. The standard InChI is InChI=1S/C12H23N3O5/c1-5-15(6-2)10(17)7(3)13-12(20)14-9(8(4)16)11(18)19/h7-9,16H,5-6H2,1-4H3,(H,18,19)(H2,13,14,20). The van der Waals surface area contributed by atoms with Gasteiger partial charge in [0.05, 0.1) is 6.10 Å². The van der Waals surface area contributed by atoms with Crippen molar-refractivity contribution in [3.8, 4) is 0 Å². The molecule has 0 aromatic carbocycles. The summed E-state index contributed by atoms with van der Waals surface area (Å²) in [5.74, 6) is -1.60. The maximum absolute atomic E-state index is 11.9.